The standard InChI is InChI=1S/C26H27N6O4.CH3.Ca/c1-18-7-13-23(25(16-18)32(34)35)29-28-21-10-14-24(26(17-21)36-4)30-27-20-8-11-22(12-9-20)31(3)15-5-6-19(2)33;;/h7-9,11-14,16-17H,5-6,15H2,1-4H3;1H3;/q2*-1;+2. The third-order valence-electron chi connectivity index (χ3n) is 5.28. The Kier molecular flexibility index (Phi) is 13.7. The van der Waals surface area contributed by atoms with Gasteiger partial charge >= 0.3 is 37.7 Å². The maximum atomic E-state index is 11.3. The van der Waals surface area contributed by atoms with Crippen molar-refractivity contribution in [3.8, 4) is 5.75 Å². The van der Waals surface area contributed by atoms with Crippen LogP contribution < -0.4 is 9.64 Å². The first-order valence-corrected chi connectivity index (χ1v) is 11.3. The number of nitrogens with zero attached hydrogens (tertiary/aromatic N) is 6. The van der Waals surface area contributed by atoms with Gasteiger partial charge in [0.15, 0.2) is 5.69 Å². The molecule has 0 unspecified atom stereocenters. The molecule has 0 N–H and O–H groups in total. The summed E-state index contributed by atoms with van der Waals surface area (Å²) in [5.74, 6) is 0.602. The number of carbonyl (C=O) groups is 1. The SMILES string of the molecule is COc1cc(N=Nc2ccc(C)cc2[N+](=O)[O-])[c-]cc1N=Nc1ccc(N(C)CCCC(C)=O)cc1.[CH3-].[Ca+2]. The predicted octanol–water partition coefficient (Wildman–Crippen LogP) is 7.42. The number of Topliss-reactive ketones (excluding diaryl/α,β-unsaturated/α-hetero) is 1. The van der Waals surface area contributed by atoms with E-state index in [-0.39, 0.29) is 62.3 Å². The van der Waals surface area contributed by atoms with Gasteiger partial charge in [-0.2, -0.15) is 16.3 Å². The quantitative estimate of drug-likeness (QED) is 0.0820. The fraction of sp³-hybridized carbons (Fsp3) is 0.259. The first-order chi connectivity index (χ1) is 17.3. The van der Waals surface area contributed by atoms with Crippen LogP contribution in [0.2, 0.25) is 0 Å². The van der Waals surface area contributed by atoms with E-state index in [0.717, 1.165) is 24.2 Å². The van der Waals surface area contributed by atoms with Crippen LogP contribution in [0, 0.1) is 30.5 Å². The Bertz CT molecular complexity index is 1300. The Morgan fingerprint density at radius 2 is 1.74 bits per heavy atom. The Morgan fingerprint density at radius 3 is 2.37 bits per heavy atom. The van der Waals surface area contributed by atoms with E-state index in [1.54, 1.807) is 38.1 Å². The van der Waals surface area contributed by atoms with Gasteiger partial charge < -0.3 is 21.9 Å². The number of azo groups is 2. The van der Waals surface area contributed by atoms with Crippen LogP contribution in [0.5, 0.6) is 5.75 Å². The third kappa shape index (κ3) is 9.59. The molecule has 3 rings (SSSR count). The van der Waals surface area contributed by atoms with Gasteiger partial charge in [0.25, 0.3) is 5.69 Å². The summed E-state index contributed by atoms with van der Waals surface area (Å²) in [6.45, 7) is 4.16. The van der Waals surface area contributed by atoms with Crippen molar-refractivity contribution in [3.63, 3.8) is 0 Å². The van der Waals surface area contributed by atoms with E-state index in [4.69, 9.17) is 4.74 Å². The molecule has 0 heterocycles. The Morgan fingerprint density at radius 1 is 1.05 bits per heavy atom. The minimum atomic E-state index is -0.492. The summed E-state index contributed by atoms with van der Waals surface area (Å²) in [4.78, 5) is 24.0. The monoisotopic (exact) mass is 542 g/mol. The van der Waals surface area contributed by atoms with Crippen LogP contribution in [0.4, 0.5) is 34.1 Å². The van der Waals surface area contributed by atoms with Crippen LogP contribution in [0.3, 0.4) is 0 Å². The molecule has 0 amide bonds. The van der Waals surface area contributed by atoms with Crippen LogP contribution in [0.25, 0.3) is 0 Å². The number of rotatable bonds is 11. The number of benzene rings is 3. The molecule has 0 spiro atoms. The summed E-state index contributed by atoms with van der Waals surface area (Å²) in [6.07, 6.45) is 1.38. The molecule has 0 fully saturated rings. The molecule has 0 saturated heterocycles. The molecule has 0 radical (unpaired) electrons. The Hall–Kier alpha value is -3.21. The van der Waals surface area contributed by atoms with Gasteiger partial charge in [0.1, 0.15) is 5.78 Å². The molecule has 194 valence electrons. The first kappa shape index (κ1) is 32.8. The molecule has 0 aliphatic heterocycles. The van der Waals surface area contributed by atoms with Crippen LogP contribution in [-0.2, 0) is 4.79 Å². The van der Waals surface area contributed by atoms with E-state index in [1.165, 1.54) is 13.2 Å². The minimum Gasteiger partial charge on any atom is -0.520 e. The molecule has 0 atom stereocenters. The number of carbonyl (C=O) groups excluding carboxylic acids is 1. The van der Waals surface area contributed by atoms with Gasteiger partial charge in [-0.1, -0.05) is 6.07 Å². The van der Waals surface area contributed by atoms with E-state index >= 15 is 0 Å². The number of nitro benzene ring substituents is 1. The summed E-state index contributed by atoms with van der Waals surface area (Å²) >= 11 is 0. The van der Waals surface area contributed by atoms with E-state index in [9.17, 15) is 14.9 Å². The van der Waals surface area contributed by atoms with Gasteiger partial charge in [-0.25, -0.2) is 5.11 Å². The molecule has 0 saturated carbocycles. The second-order valence-corrected chi connectivity index (χ2v) is 8.16. The van der Waals surface area contributed by atoms with Gasteiger partial charge in [-0.05, 0) is 61.9 Å². The molecule has 0 aliphatic rings. The van der Waals surface area contributed by atoms with Crippen molar-refractivity contribution < 1.29 is 14.5 Å². The molecule has 38 heavy (non-hydrogen) atoms. The number of methoxy groups -OCH3 is 1. The molecule has 0 aliphatic carbocycles. The van der Waals surface area contributed by atoms with Crippen LogP contribution in [0.1, 0.15) is 25.3 Å². The van der Waals surface area contributed by atoms with Gasteiger partial charge in [0.2, 0.25) is 0 Å². The number of hydrogen-bond donors (Lipinski definition) is 0. The molecule has 10 nitrogen and oxygen atoms in total. The van der Waals surface area contributed by atoms with Crippen LogP contribution in [0.15, 0.2) is 75.1 Å². The summed E-state index contributed by atoms with van der Waals surface area (Å²) in [7, 11) is 3.48. The van der Waals surface area contributed by atoms with Gasteiger partial charge in [0.05, 0.1) is 17.7 Å². The molecular weight excluding hydrogens is 512 g/mol. The number of ether oxygens (including phenoxy) is 1. The smallest absolute Gasteiger partial charge is 0.520 e. The zero-order valence-electron chi connectivity index (χ0n) is 22.3. The van der Waals surface area contributed by atoms with Crippen molar-refractivity contribution in [1.29, 1.82) is 0 Å². The van der Waals surface area contributed by atoms with Crippen molar-refractivity contribution in [3.05, 3.63) is 83.8 Å². The summed E-state index contributed by atoms with van der Waals surface area (Å²) in [6, 6.07) is 18.4. The van der Waals surface area contributed by atoms with Crippen LogP contribution >= 0.6 is 0 Å². The second kappa shape index (κ2) is 15.9. The van der Waals surface area contributed by atoms with Crippen molar-refractivity contribution in [2.24, 2.45) is 20.5 Å². The number of hydrogen-bond acceptors (Lipinski definition) is 9. The fourth-order valence-electron chi connectivity index (χ4n) is 3.30. The number of aryl methyl sites for hydroxylation is 1. The Labute approximate surface area is 253 Å². The molecule has 11 heteroatoms. The minimum absolute atomic E-state index is 0. The van der Waals surface area contributed by atoms with Crippen LogP contribution in [-0.4, -0.2) is 69.1 Å². The predicted molar refractivity (Wildman–Crippen MR) is 150 cm³/mol. The average Bonchev–Trinajstić information content (AvgIpc) is 2.86. The fourth-order valence-corrected chi connectivity index (χ4v) is 3.30. The molecule has 0 aromatic heterocycles. The second-order valence-electron chi connectivity index (χ2n) is 8.16. The third-order valence-corrected chi connectivity index (χ3v) is 5.28. The van der Waals surface area contributed by atoms with Crippen molar-refractivity contribution >= 4 is 77.6 Å². The van der Waals surface area contributed by atoms with E-state index in [1.807, 2.05) is 31.3 Å². The van der Waals surface area contributed by atoms with E-state index in [2.05, 4.69) is 31.4 Å². The summed E-state index contributed by atoms with van der Waals surface area (Å²) < 4.78 is 5.39. The molecule has 3 aromatic carbocycles. The van der Waals surface area contributed by atoms with Gasteiger partial charge in [-0.15, -0.1) is 17.2 Å². The van der Waals surface area contributed by atoms with Crippen molar-refractivity contribution in [2.45, 2.75) is 26.7 Å². The number of ketones is 1. The normalized spacial score (nSPS) is 10.6. The maximum absolute atomic E-state index is 11.3. The summed E-state index contributed by atoms with van der Waals surface area (Å²) in [5, 5.41) is 27.9. The average molecular weight is 543 g/mol. The molecular formula is C27H30CaN6O4. The van der Waals surface area contributed by atoms with Crippen molar-refractivity contribution in [2.75, 3.05) is 25.6 Å². The van der Waals surface area contributed by atoms with E-state index < -0.39 is 4.92 Å². The largest absolute Gasteiger partial charge is 2.00 e. The Balaban J connectivity index is 0.00000361. The number of anilines is 1. The topological polar surface area (TPSA) is 122 Å². The van der Waals surface area contributed by atoms with Crippen molar-refractivity contribution in [1.82, 2.24) is 0 Å². The zero-order valence-corrected chi connectivity index (χ0v) is 24.5. The molecule has 3 aromatic rings. The van der Waals surface area contributed by atoms with Gasteiger partial charge in [0, 0.05) is 43.2 Å². The van der Waals surface area contributed by atoms with Gasteiger partial charge in [-0.3, -0.25) is 10.1 Å². The molecule has 0 bridgehead atoms. The maximum Gasteiger partial charge on any atom is 2.00 e. The van der Waals surface area contributed by atoms with E-state index in [0.29, 0.717) is 29.2 Å². The number of nitro groups is 1. The zero-order chi connectivity index (χ0) is 26.1. The first-order valence-electron chi connectivity index (χ1n) is 11.3. The summed E-state index contributed by atoms with van der Waals surface area (Å²) in [5.41, 5.74) is 3.25.